The molecule has 0 aliphatic carbocycles. The number of amides is 1. The molecule has 0 radical (unpaired) electrons. The first-order valence-electron chi connectivity index (χ1n) is 6.26. The summed E-state index contributed by atoms with van der Waals surface area (Å²) in [6.45, 7) is 2.42. The fourth-order valence-corrected chi connectivity index (χ4v) is 3.09. The molecule has 0 unspecified atom stereocenters. The molecule has 1 aliphatic heterocycles. The summed E-state index contributed by atoms with van der Waals surface area (Å²) in [5, 5.41) is 8.80. The van der Waals surface area contributed by atoms with Gasteiger partial charge in [-0.3, -0.25) is 4.79 Å². The third-order valence-electron chi connectivity index (χ3n) is 3.23. The Labute approximate surface area is 115 Å². The minimum atomic E-state index is 0.136. The average Bonchev–Trinajstić information content (AvgIpc) is 3.08. The maximum absolute atomic E-state index is 12.1. The Morgan fingerprint density at radius 1 is 1.53 bits per heavy atom. The average molecular weight is 277 g/mol. The van der Waals surface area contributed by atoms with E-state index in [9.17, 15) is 4.79 Å². The van der Waals surface area contributed by atoms with E-state index >= 15 is 0 Å². The SMILES string of the molecule is O=C(CNCc1ccno1)N1CCc2sccc2C1. The maximum atomic E-state index is 12.1. The van der Waals surface area contributed by atoms with Gasteiger partial charge in [-0.05, 0) is 23.4 Å². The molecular weight excluding hydrogens is 262 g/mol. The van der Waals surface area contributed by atoms with Gasteiger partial charge in [0.2, 0.25) is 5.91 Å². The molecule has 0 fully saturated rings. The van der Waals surface area contributed by atoms with Crippen LogP contribution >= 0.6 is 11.3 Å². The van der Waals surface area contributed by atoms with Crippen molar-refractivity contribution in [3.05, 3.63) is 39.9 Å². The van der Waals surface area contributed by atoms with E-state index in [1.54, 1.807) is 23.6 Å². The molecule has 3 heterocycles. The van der Waals surface area contributed by atoms with Crippen LogP contribution in [0.1, 0.15) is 16.2 Å². The topological polar surface area (TPSA) is 58.4 Å². The lowest BCUT2D eigenvalue weighted by atomic mass is 10.1. The summed E-state index contributed by atoms with van der Waals surface area (Å²) >= 11 is 1.78. The quantitative estimate of drug-likeness (QED) is 0.918. The van der Waals surface area contributed by atoms with Crippen molar-refractivity contribution in [3.63, 3.8) is 0 Å². The zero-order valence-corrected chi connectivity index (χ0v) is 11.3. The fraction of sp³-hybridized carbons (Fsp3) is 0.385. The van der Waals surface area contributed by atoms with E-state index in [4.69, 9.17) is 4.52 Å². The third kappa shape index (κ3) is 2.85. The van der Waals surface area contributed by atoms with Gasteiger partial charge in [0.15, 0.2) is 0 Å². The molecule has 1 N–H and O–H groups in total. The summed E-state index contributed by atoms with van der Waals surface area (Å²) in [4.78, 5) is 15.4. The number of fused-ring (bicyclic) bond motifs is 1. The number of nitrogens with zero attached hydrogens (tertiary/aromatic N) is 2. The van der Waals surface area contributed by atoms with Gasteiger partial charge in [0, 0.05) is 24.0 Å². The molecule has 6 heteroatoms. The summed E-state index contributed by atoms with van der Waals surface area (Å²) in [6, 6.07) is 3.90. The van der Waals surface area contributed by atoms with Crippen LogP contribution in [0, 0.1) is 0 Å². The Bertz CT molecular complexity index is 550. The van der Waals surface area contributed by atoms with Gasteiger partial charge < -0.3 is 14.7 Å². The van der Waals surface area contributed by atoms with Crippen molar-refractivity contribution in [2.75, 3.05) is 13.1 Å². The Kier molecular flexibility index (Phi) is 3.61. The standard InChI is InChI=1S/C13H15N3O2S/c17-13(8-14-7-11-1-4-15-18-11)16-5-2-12-10(9-16)3-6-19-12/h1,3-4,6,14H,2,5,7-9H2. The second-order valence-corrected chi connectivity index (χ2v) is 5.52. The molecule has 1 aliphatic rings. The summed E-state index contributed by atoms with van der Waals surface area (Å²) in [5.41, 5.74) is 1.29. The molecule has 3 rings (SSSR count). The molecule has 0 spiro atoms. The minimum absolute atomic E-state index is 0.136. The number of thiophene rings is 1. The van der Waals surface area contributed by atoms with Crippen molar-refractivity contribution in [2.24, 2.45) is 0 Å². The molecule has 0 saturated carbocycles. The predicted octanol–water partition coefficient (Wildman–Crippen LogP) is 1.41. The summed E-state index contributed by atoms with van der Waals surface area (Å²) in [5.74, 6) is 0.878. The lowest BCUT2D eigenvalue weighted by Gasteiger charge is -2.27. The van der Waals surface area contributed by atoms with E-state index in [1.165, 1.54) is 10.4 Å². The summed E-state index contributed by atoms with van der Waals surface area (Å²) in [6.07, 6.45) is 2.57. The van der Waals surface area contributed by atoms with Crippen molar-refractivity contribution < 1.29 is 9.32 Å². The number of hydrogen-bond donors (Lipinski definition) is 1. The smallest absolute Gasteiger partial charge is 0.236 e. The number of carbonyl (C=O) groups is 1. The van der Waals surface area contributed by atoms with E-state index in [-0.39, 0.29) is 5.91 Å². The monoisotopic (exact) mass is 277 g/mol. The van der Waals surface area contributed by atoms with Crippen LogP contribution in [0.5, 0.6) is 0 Å². The minimum Gasteiger partial charge on any atom is -0.360 e. The number of hydrogen-bond acceptors (Lipinski definition) is 5. The molecule has 1 amide bonds. The van der Waals surface area contributed by atoms with Crippen molar-refractivity contribution in [1.29, 1.82) is 0 Å². The number of nitrogens with one attached hydrogen (secondary N) is 1. The highest BCUT2D eigenvalue weighted by atomic mass is 32.1. The van der Waals surface area contributed by atoms with Crippen LogP contribution in [-0.2, 0) is 24.3 Å². The zero-order valence-electron chi connectivity index (χ0n) is 10.5. The lowest BCUT2D eigenvalue weighted by Crippen LogP contribution is -2.40. The van der Waals surface area contributed by atoms with Gasteiger partial charge >= 0.3 is 0 Å². The predicted molar refractivity (Wildman–Crippen MR) is 71.6 cm³/mol. The number of rotatable bonds is 4. The Hall–Kier alpha value is -1.66. The molecule has 0 aromatic carbocycles. The highest BCUT2D eigenvalue weighted by molar-refractivity contribution is 7.10. The molecule has 2 aromatic heterocycles. The fourth-order valence-electron chi connectivity index (χ4n) is 2.20. The van der Waals surface area contributed by atoms with E-state index < -0.39 is 0 Å². The lowest BCUT2D eigenvalue weighted by molar-refractivity contribution is -0.131. The van der Waals surface area contributed by atoms with Gasteiger partial charge in [-0.15, -0.1) is 11.3 Å². The van der Waals surface area contributed by atoms with Gasteiger partial charge in [-0.2, -0.15) is 0 Å². The first-order valence-corrected chi connectivity index (χ1v) is 7.14. The Morgan fingerprint density at radius 3 is 3.32 bits per heavy atom. The van der Waals surface area contributed by atoms with E-state index in [0.29, 0.717) is 13.1 Å². The Morgan fingerprint density at radius 2 is 2.47 bits per heavy atom. The van der Waals surface area contributed by atoms with Crippen LogP contribution in [0.15, 0.2) is 28.2 Å². The second-order valence-electron chi connectivity index (χ2n) is 4.52. The van der Waals surface area contributed by atoms with Crippen LogP contribution in [0.2, 0.25) is 0 Å². The van der Waals surface area contributed by atoms with Crippen molar-refractivity contribution >= 4 is 17.2 Å². The molecular formula is C13H15N3O2S. The molecule has 0 saturated heterocycles. The molecule has 2 aromatic rings. The van der Waals surface area contributed by atoms with Crippen molar-refractivity contribution in [1.82, 2.24) is 15.4 Å². The first kappa shape index (κ1) is 12.4. The molecule has 0 bridgehead atoms. The third-order valence-corrected chi connectivity index (χ3v) is 4.25. The molecule has 5 nitrogen and oxygen atoms in total. The normalized spacial score (nSPS) is 14.4. The highest BCUT2D eigenvalue weighted by Crippen LogP contribution is 2.23. The zero-order chi connectivity index (χ0) is 13.1. The maximum Gasteiger partial charge on any atom is 0.236 e. The van der Waals surface area contributed by atoms with Gasteiger partial charge in [0.25, 0.3) is 0 Å². The van der Waals surface area contributed by atoms with Gasteiger partial charge in [-0.25, -0.2) is 0 Å². The largest absolute Gasteiger partial charge is 0.360 e. The van der Waals surface area contributed by atoms with E-state index in [1.807, 2.05) is 4.90 Å². The highest BCUT2D eigenvalue weighted by Gasteiger charge is 2.20. The van der Waals surface area contributed by atoms with Crippen LogP contribution in [0.3, 0.4) is 0 Å². The number of aromatic nitrogens is 1. The first-order chi connectivity index (χ1) is 9.33. The Balaban J connectivity index is 1.49. The van der Waals surface area contributed by atoms with E-state index in [0.717, 1.165) is 25.3 Å². The molecule has 100 valence electrons. The van der Waals surface area contributed by atoms with Gasteiger partial charge in [0.05, 0.1) is 19.3 Å². The van der Waals surface area contributed by atoms with Crippen molar-refractivity contribution in [2.45, 2.75) is 19.5 Å². The van der Waals surface area contributed by atoms with Crippen LogP contribution in [0.25, 0.3) is 0 Å². The van der Waals surface area contributed by atoms with E-state index in [2.05, 4.69) is 21.9 Å². The van der Waals surface area contributed by atoms with Crippen LogP contribution in [0.4, 0.5) is 0 Å². The second kappa shape index (κ2) is 5.54. The molecule has 19 heavy (non-hydrogen) atoms. The number of carbonyl (C=O) groups excluding carboxylic acids is 1. The molecule has 0 atom stereocenters. The van der Waals surface area contributed by atoms with Gasteiger partial charge in [-0.1, -0.05) is 5.16 Å². The summed E-state index contributed by atoms with van der Waals surface area (Å²) < 4.78 is 4.96. The van der Waals surface area contributed by atoms with Crippen LogP contribution in [-0.4, -0.2) is 29.1 Å². The van der Waals surface area contributed by atoms with Crippen LogP contribution < -0.4 is 5.32 Å². The van der Waals surface area contributed by atoms with Crippen molar-refractivity contribution in [3.8, 4) is 0 Å². The van der Waals surface area contributed by atoms with Gasteiger partial charge in [0.1, 0.15) is 5.76 Å². The summed E-state index contributed by atoms with van der Waals surface area (Å²) in [7, 11) is 0.